The van der Waals surface area contributed by atoms with E-state index in [9.17, 15) is 0 Å². The molecule has 0 radical (unpaired) electrons. The van der Waals surface area contributed by atoms with E-state index in [1.54, 1.807) is 0 Å². The van der Waals surface area contributed by atoms with Gasteiger partial charge in [-0.05, 0) is 43.5 Å². The third-order valence-electron chi connectivity index (χ3n) is 3.73. The van der Waals surface area contributed by atoms with Crippen LogP contribution in [0.1, 0.15) is 30.3 Å². The summed E-state index contributed by atoms with van der Waals surface area (Å²) in [5.41, 5.74) is 1.29. The Bertz CT molecular complexity index is 598. The first-order valence-electron chi connectivity index (χ1n) is 6.98. The van der Waals surface area contributed by atoms with Gasteiger partial charge in [0, 0.05) is 26.0 Å². The minimum absolute atomic E-state index is 0.374. The van der Waals surface area contributed by atoms with Gasteiger partial charge in [0.25, 0.3) is 0 Å². The Morgan fingerprint density at radius 2 is 2.10 bits per heavy atom. The van der Waals surface area contributed by atoms with Gasteiger partial charge in [0.15, 0.2) is 0 Å². The van der Waals surface area contributed by atoms with Crippen molar-refractivity contribution in [3.63, 3.8) is 0 Å². The number of nitrogens with zero attached hydrogens (tertiary/aromatic N) is 4. The number of anilines is 2. The highest BCUT2D eigenvalue weighted by molar-refractivity contribution is 5.46. The molecule has 2 aromatic heterocycles. The molecule has 0 saturated carbocycles. The van der Waals surface area contributed by atoms with E-state index in [1.165, 1.54) is 12.0 Å². The van der Waals surface area contributed by atoms with Crippen LogP contribution in [0.15, 0.2) is 30.6 Å². The van der Waals surface area contributed by atoms with Gasteiger partial charge in [-0.1, -0.05) is 0 Å². The van der Waals surface area contributed by atoms with Crippen LogP contribution < -0.4 is 10.2 Å². The summed E-state index contributed by atoms with van der Waals surface area (Å²) in [6, 6.07) is 6.58. The van der Waals surface area contributed by atoms with Crippen LogP contribution in [0.25, 0.3) is 0 Å². The van der Waals surface area contributed by atoms with E-state index in [2.05, 4.69) is 37.3 Å². The zero-order valence-electron chi connectivity index (χ0n) is 11.9. The van der Waals surface area contributed by atoms with E-state index in [-0.39, 0.29) is 0 Å². The van der Waals surface area contributed by atoms with Crippen LogP contribution in [0.4, 0.5) is 11.6 Å². The van der Waals surface area contributed by atoms with E-state index in [1.807, 2.05) is 32.4 Å². The molecule has 2 aromatic rings. The highest BCUT2D eigenvalue weighted by atomic mass is 15.2. The molecule has 0 aliphatic carbocycles. The zero-order valence-corrected chi connectivity index (χ0v) is 11.9. The highest BCUT2D eigenvalue weighted by Crippen LogP contribution is 2.35. The molecular weight excluding hydrogens is 250 g/mol. The number of nitrogens with one attached hydrogen (secondary N) is 1. The van der Waals surface area contributed by atoms with Gasteiger partial charge in [0.2, 0.25) is 0 Å². The summed E-state index contributed by atoms with van der Waals surface area (Å²) in [7, 11) is 1.90. The van der Waals surface area contributed by atoms with Crippen LogP contribution in [-0.4, -0.2) is 28.5 Å². The van der Waals surface area contributed by atoms with Gasteiger partial charge in [-0.15, -0.1) is 0 Å². The molecule has 0 aromatic carbocycles. The van der Waals surface area contributed by atoms with E-state index >= 15 is 0 Å². The number of pyridine rings is 1. The smallest absolute Gasteiger partial charge is 0.132 e. The van der Waals surface area contributed by atoms with Crippen LogP contribution in [0.2, 0.25) is 0 Å². The first kappa shape index (κ1) is 12.8. The maximum atomic E-state index is 4.56. The first-order chi connectivity index (χ1) is 9.78. The molecule has 0 unspecified atom stereocenters. The van der Waals surface area contributed by atoms with Crippen LogP contribution in [0, 0.1) is 6.92 Å². The monoisotopic (exact) mass is 269 g/mol. The quantitative estimate of drug-likeness (QED) is 0.928. The van der Waals surface area contributed by atoms with Crippen LogP contribution in [-0.2, 0) is 0 Å². The predicted octanol–water partition coefficient (Wildman–Crippen LogP) is 2.56. The lowest BCUT2D eigenvalue weighted by Crippen LogP contribution is -2.24. The summed E-state index contributed by atoms with van der Waals surface area (Å²) in [6.45, 7) is 2.97. The van der Waals surface area contributed by atoms with Crippen molar-refractivity contribution in [3.05, 3.63) is 42.0 Å². The summed E-state index contributed by atoms with van der Waals surface area (Å²) in [6.07, 6.45) is 6.03. The van der Waals surface area contributed by atoms with Crippen LogP contribution in [0.3, 0.4) is 0 Å². The fraction of sp³-hybridized carbons (Fsp3) is 0.400. The molecule has 1 aliphatic rings. The molecule has 5 nitrogen and oxygen atoms in total. The van der Waals surface area contributed by atoms with Gasteiger partial charge in [0.05, 0.1) is 6.04 Å². The lowest BCUT2D eigenvalue weighted by atomic mass is 10.1. The van der Waals surface area contributed by atoms with E-state index in [0.717, 1.165) is 30.4 Å². The number of aryl methyl sites for hydroxylation is 1. The molecule has 104 valence electrons. The largest absolute Gasteiger partial charge is 0.373 e. The molecule has 1 saturated heterocycles. The van der Waals surface area contributed by atoms with Crippen molar-refractivity contribution in [2.24, 2.45) is 0 Å². The molecule has 5 heteroatoms. The molecule has 1 N–H and O–H groups in total. The normalized spacial score (nSPS) is 18.3. The summed E-state index contributed by atoms with van der Waals surface area (Å²) >= 11 is 0. The zero-order chi connectivity index (χ0) is 13.9. The summed E-state index contributed by atoms with van der Waals surface area (Å²) in [4.78, 5) is 15.4. The van der Waals surface area contributed by atoms with Gasteiger partial charge in [-0.3, -0.25) is 0 Å². The Morgan fingerprint density at radius 1 is 1.25 bits per heavy atom. The van der Waals surface area contributed by atoms with Gasteiger partial charge in [-0.25, -0.2) is 15.0 Å². The van der Waals surface area contributed by atoms with Crippen LogP contribution >= 0.6 is 0 Å². The molecule has 0 bridgehead atoms. The van der Waals surface area contributed by atoms with E-state index in [4.69, 9.17) is 0 Å². The van der Waals surface area contributed by atoms with Gasteiger partial charge in [0.1, 0.15) is 17.5 Å². The SMILES string of the molecule is CNc1cc([C@@H]2CCCN2c2ccnc(C)n2)ccn1. The fourth-order valence-electron chi connectivity index (χ4n) is 2.78. The van der Waals surface area contributed by atoms with Gasteiger partial charge in [-0.2, -0.15) is 0 Å². The Labute approximate surface area is 119 Å². The lowest BCUT2D eigenvalue weighted by molar-refractivity contribution is 0.708. The highest BCUT2D eigenvalue weighted by Gasteiger charge is 2.27. The maximum absolute atomic E-state index is 4.56. The fourth-order valence-corrected chi connectivity index (χ4v) is 2.78. The van der Waals surface area contributed by atoms with Crippen molar-refractivity contribution in [2.75, 3.05) is 23.8 Å². The van der Waals surface area contributed by atoms with Crippen molar-refractivity contribution in [1.82, 2.24) is 15.0 Å². The predicted molar refractivity (Wildman–Crippen MR) is 79.9 cm³/mol. The standard InChI is InChI=1S/C15H19N5/c1-11-17-8-6-15(19-11)20-9-3-4-13(20)12-5-7-18-14(10-12)16-2/h5-8,10,13H,3-4,9H2,1-2H3,(H,16,18)/t13-/m0/s1. The first-order valence-corrected chi connectivity index (χ1v) is 6.98. The van der Waals surface area contributed by atoms with Crippen LogP contribution in [0.5, 0.6) is 0 Å². The second kappa shape index (κ2) is 5.45. The molecular formula is C15H19N5. The van der Waals surface area contributed by atoms with E-state index in [0.29, 0.717) is 6.04 Å². The summed E-state index contributed by atoms with van der Waals surface area (Å²) < 4.78 is 0. The molecule has 20 heavy (non-hydrogen) atoms. The maximum Gasteiger partial charge on any atom is 0.132 e. The summed E-state index contributed by atoms with van der Waals surface area (Å²) in [5, 5.41) is 3.10. The lowest BCUT2D eigenvalue weighted by Gasteiger charge is -2.26. The molecule has 3 heterocycles. The molecule has 1 atom stereocenters. The number of hydrogen-bond acceptors (Lipinski definition) is 5. The second-order valence-corrected chi connectivity index (χ2v) is 5.04. The minimum atomic E-state index is 0.374. The van der Waals surface area contributed by atoms with Gasteiger partial charge >= 0.3 is 0 Å². The Kier molecular flexibility index (Phi) is 3.50. The van der Waals surface area contributed by atoms with Crippen molar-refractivity contribution in [1.29, 1.82) is 0 Å². The molecule has 1 fully saturated rings. The third kappa shape index (κ3) is 2.43. The van der Waals surface area contributed by atoms with Crippen molar-refractivity contribution in [3.8, 4) is 0 Å². The summed E-state index contributed by atoms with van der Waals surface area (Å²) in [5.74, 6) is 2.75. The van der Waals surface area contributed by atoms with Crippen molar-refractivity contribution in [2.45, 2.75) is 25.8 Å². The molecule has 3 rings (SSSR count). The second-order valence-electron chi connectivity index (χ2n) is 5.04. The molecule has 0 amide bonds. The molecule has 1 aliphatic heterocycles. The number of aromatic nitrogens is 3. The van der Waals surface area contributed by atoms with E-state index < -0.39 is 0 Å². The Morgan fingerprint density at radius 3 is 2.90 bits per heavy atom. The van der Waals surface area contributed by atoms with Crippen molar-refractivity contribution < 1.29 is 0 Å². The Hall–Kier alpha value is -2.17. The average Bonchev–Trinajstić information content (AvgIpc) is 2.97. The van der Waals surface area contributed by atoms with Gasteiger partial charge < -0.3 is 10.2 Å². The minimum Gasteiger partial charge on any atom is -0.373 e. The molecule has 0 spiro atoms. The number of hydrogen-bond donors (Lipinski definition) is 1. The topological polar surface area (TPSA) is 53.9 Å². The third-order valence-corrected chi connectivity index (χ3v) is 3.73. The average molecular weight is 269 g/mol. The number of rotatable bonds is 3. The van der Waals surface area contributed by atoms with Crippen molar-refractivity contribution >= 4 is 11.6 Å². The Balaban J connectivity index is 1.92.